The second-order valence-electron chi connectivity index (χ2n) is 5.20. The van der Waals surface area contributed by atoms with Gasteiger partial charge in [0.15, 0.2) is 0 Å². The maximum absolute atomic E-state index is 12.4. The normalized spacial score (nSPS) is 19.4. The Balaban J connectivity index is 1.94. The quantitative estimate of drug-likeness (QED) is 0.811. The van der Waals surface area contributed by atoms with Crippen LogP contribution in [-0.4, -0.2) is 34.2 Å². The van der Waals surface area contributed by atoms with Crippen molar-refractivity contribution in [2.75, 3.05) is 25.0 Å². The number of para-hydroxylation sites is 1. The van der Waals surface area contributed by atoms with Crippen LogP contribution in [0.4, 0.5) is 5.69 Å². The van der Waals surface area contributed by atoms with Gasteiger partial charge in [0.25, 0.3) is 0 Å². The molecule has 1 unspecified atom stereocenters. The molecule has 0 aliphatic carbocycles. The smallest absolute Gasteiger partial charge is 0.242 e. The number of anilines is 1. The number of ether oxygens (including phenoxy) is 1. The van der Waals surface area contributed by atoms with E-state index in [4.69, 9.17) is 4.74 Å². The summed E-state index contributed by atoms with van der Waals surface area (Å²) in [5, 5.41) is 3.08. The average Bonchev–Trinajstić information content (AvgIpc) is 2.49. The lowest BCUT2D eigenvalue weighted by Crippen LogP contribution is -2.30. The Kier molecular flexibility index (Phi) is 6.02. The second-order valence-corrected chi connectivity index (χ2v) is 6.94. The zero-order valence-electron chi connectivity index (χ0n) is 12.5. The van der Waals surface area contributed by atoms with Crippen molar-refractivity contribution in [3.63, 3.8) is 0 Å². The van der Waals surface area contributed by atoms with Crippen molar-refractivity contribution in [2.45, 2.75) is 43.6 Å². The third-order valence-corrected chi connectivity index (χ3v) is 5.10. The summed E-state index contributed by atoms with van der Waals surface area (Å²) in [6.07, 6.45) is 4.21. The third-order valence-electron chi connectivity index (χ3n) is 3.58. The van der Waals surface area contributed by atoms with Crippen molar-refractivity contribution in [3.05, 3.63) is 24.3 Å². The van der Waals surface area contributed by atoms with Crippen LogP contribution in [0, 0.1) is 0 Å². The maximum atomic E-state index is 12.4. The Morgan fingerprint density at radius 3 is 2.81 bits per heavy atom. The minimum atomic E-state index is -3.48. The molecule has 1 atom stereocenters. The van der Waals surface area contributed by atoms with Gasteiger partial charge in [-0.1, -0.05) is 12.1 Å². The molecular formula is C15H24N2O3S. The van der Waals surface area contributed by atoms with E-state index in [1.807, 2.05) is 13.0 Å². The maximum Gasteiger partial charge on any atom is 0.242 e. The first kappa shape index (κ1) is 16.3. The molecule has 1 aromatic rings. The van der Waals surface area contributed by atoms with Crippen molar-refractivity contribution in [1.29, 1.82) is 0 Å². The Morgan fingerprint density at radius 2 is 2.10 bits per heavy atom. The van der Waals surface area contributed by atoms with Gasteiger partial charge in [0.2, 0.25) is 10.0 Å². The highest BCUT2D eigenvalue weighted by molar-refractivity contribution is 7.89. The number of nitrogens with one attached hydrogen (secondary N) is 2. The molecule has 5 nitrogen and oxygen atoms in total. The molecule has 0 radical (unpaired) electrons. The van der Waals surface area contributed by atoms with Gasteiger partial charge in [0, 0.05) is 19.7 Å². The van der Waals surface area contributed by atoms with E-state index in [0.717, 1.165) is 25.9 Å². The highest BCUT2D eigenvalue weighted by atomic mass is 32.2. The molecule has 0 aromatic heterocycles. The molecule has 0 bridgehead atoms. The summed E-state index contributed by atoms with van der Waals surface area (Å²) in [4.78, 5) is 0.302. The van der Waals surface area contributed by atoms with Crippen molar-refractivity contribution in [2.24, 2.45) is 0 Å². The summed E-state index contributed by atoms with van der Waals surface area (Å²) in [7, 11) is -3.48. The van der Waals surface area contributed by atoms with Crippen LogP contribution in [0.3, 0.4) is 0 Å². The summed E-state index contributed by atoms with van der Waals surface area (Å²) in [6, 6.07) is 6.96. The van der Waals surface area contributed by atoms with Gasteiger partial charge in [0.1, 0.15) is 4.90 Å². The van der Waals surface area contributed by atoms with Gasteiger partial charge < -0.3 is 10.1 Å². The van der Waals surface area contributed by atoms with E-state index in [2.05, 4.69) is 10.0 Å². The van der Waals surface area contributed by atoms with Crippen LogP contribution in [-0.2, 0) is 14.8 Å². The third kappa shape index (κ3) is 4.69. The fourth-order valence-electron chi connectivity index (χ4n) is 2.50. The van der Waals surface area contributed by atoms with Gasteiger partial charge in [-0.25, -0.2) is 13.1 Å². The van der Waals surface area contributed by atoms with Gasteiger partial charge >= 0.3 is 0 Å². The van der Waals surface area contributed by atoms with Gasteiger partial charge in [-0.2, -0.15) is 0 Å². The largest absolute Gasteiger partial charge is 0.384 e. The number of rotatable bonds is 7. The standard InChI is InChI=1S/C15H24N2O3S/c1-2-16-14-8-3-4-9-15(14)21(18,19)17-11-10-13-7-5-6-12-20-13/h3-4,8-9,13,16-17H,2,5-7,10-12H2,1H3. The predicted molar refractivity (Wildman–Crippen MR) is 84.0 cm³/mol. The summed E-state index contributed by atoms with van der Waals surface area (Å²) in [5.41, 5.74) is 0.640. The number of benzene rings is 1. The van der Waals surface area contributed by atoms with Crippen LogP contribution < -0.4 is 10.0 Å². The van der Waals surface area contributed by atoms with Crippen LogP contribution in [0.1, 0.15) is 32.6 Å². The van der Waals surface area contributed by atoms with Crippen LogP contribution >= 0.6 is 0 Å². The molecule has 0 amide bonds. The highest BCUT2D eigenvalue weighted by Crippen LogP contribution is 2.21. The highest BCUT2D eigenvalue weighted by Gasteiger charge is 2.19. The van der Waals surface area contributed by atoms with Crippen molar-refractivity contribution in [3.8, 4) is 0 Å². The molecule has 2 N–H and O–H groups in total. The average molecular weight is 312 g/mol. The summed E-state index contributed by atoms with van der Waals surface area (Å²) < 4.78 is 33.0. The van der Waals surface area contributed by atoms with Crippen LogP contribution in [0.2, 0.25) is 0 Å². The zero-order chi connectivity index (χ0) is 15.1. The second kappa shape index (κ2) is 7.77. The molecule has 0 spiro atoms. The lowest BCUT2D eigenvalue weighted by molar-refractivity contribution is 0.0123. The molecule has 2 rings (SSSR count). The van der Waals surface area contributed by atoms with E-state index in [9.17, 15) is 8.42 Å². The zero-order valence-corrected chi connectivity index (χ0v) is 13.3. The van der Waals surface area contributed by atoms with E-state index in [0.29, 0.717) is 23.7 Å². The molecule has 1 aliphatic heterocycles. The van der Waals surface area contributed by atoms with Gasteiger partial charge in [-0.3, -0.25) is 0 Å². The number of hydrogen-bond donors (Lipinski definition) is 2. The Bertz CT molecular complexity index is 540. The van der Waals surface area contributed by atoms with Crippen molar-refractivity contribution in [1.82, 2.24) is 4.72 Å². The fraction of sp³-hybridized carbons (Fsp3) is 0.600. The molecule has 1 aromatic carbocycles. The number of sulfonamides is 1. The summed E-state index contributed by atoms with van der Waals surface area (Å²) in [6.45, 7) is 3.83. The SMILES string of the molecule is CCNc1ccccc1S(=O)(=O)NCCC1CCCCO1. The van der Waals surface area contributed by atoms with Gasteiger partial charge in [0.05, 0.1) is 11.8 Å². The molecule has 21 heavy (non-hydrogen) atoms. The van der Waals surface area contributed by atoms with E-state index >= 15 is 0 Å². The Morgan fingerprint density at radius 1 is 1.29 bits per heavy atom. The molecule has 1 heterocycles. The van der Waals surface area contributed by atoms with Gasteiger partial charge in [-0.15, -0.1) is 0 Å². The van der Waals surface area contributed by atoms with Crippen LogP contribution in [0.5, 0.6) is 0 Å². The van der Waals surface area contributed by atoms with E-state index in [1.165, 1.54) is 6.42 Å². The first-order valence-electron chi connectivity index (χ1n) is 7.57. The first-order chi connectivity index (χ1) is 10.1. The molecule has 1 fully saturated rings. The Hall–Kier alpha value is -1.11. The molecule has 1 saturated heterocycles. The minimum absolute atomic E-state index is 0.186. The van der Waals surface area contributed by atoms with E-state index in [1.54, 1.807) is 18.2 Å². The summed E-state index contributed by atoms with van der Waals surface area (Å²) in [5.74, 6) is 0. The summed E-state index contributed by atoms with van der Waals surface area (Å²) >= 11 is 0. The molecule has 1 aliphatic rings. The van der Waals surface area contributed by atoms with Crippen LogP contribution in [0.25, 0.3) is 0 Å². The first-order valence-corrected chi connectivity index (χ1v) is 9.06. The van der Waals surface area contributed by atoms with Crippen molar-refractivity contribution < 1.29 is 13.2 Å². The molecule has 0 saturated carbocycles. The minimum Gasteiger partial charge on any atom is -0.384 e. The topological polar surface area (TPSA) is 67.4 Å². The van der Waals surface area contributed by atoms with Crippen molar-refractivity contribution >= 4 is 15.7 Å². The fourth-order valence-corrected chi connectivity index (χ4v) is 3.73. The predicted octanol–water partition coefficient (Wildman–Crippen LogP) is 2.36. The number of hydrogen-bond acceptors (Lipinski definition) is 4. The lowest BCUT2D eigenvalue weighted by Gasteiger charge is -2.22. The van der Waals surface area contributed by atoms with E-state index in [-0.39, 0.29) is 6.10 Å². The van der Waals surface area contributed by atoms with Crippen LogP contribution in [0.15, 0.2) is 29.2 Å². The lowest BCUT2D eigenvalue weighted by atomic mass is 10.1. The molecule has 118 valence electrons. The molecular weight excluding hydrogens is 288 g/mol. The Labute approximate surface area is 127 Å². The monoisotopic (exact) mass is 312 g/mol. The molecule has 6 heteroatoms. The van der Waals surface area contributed by atoms with Gasteiger partial charge in [-0.05, 0) is 44.7 Å². The van der Waals surface area contributed by atoms with E-state index < -0.39 is 10.0 Å².